The lowest BCUT2D eigenvalue weighted by Crippen LogP contribution is -2.53. The second-order valence-corrected chi connectivity index (χ2v) is 8.61. The van der Waals surface area contributed by atoms with Crippen LogP contribution in [-0.2, 0) is 14.8 Å². The van der Waals surface area contributed by atoms with E-state index < -0.39 is 15.4 Å². The van der Waals surface area contributed by atoms with Gasteiger partial charge in [-0.25, -0.2) is 8.42 Å². The number of carbonyl (C=O) groups excluding carboxylic acids is 1. The van der Waals surface area contributed by atoms with E-state index in [4.69, 9.17) is 5.26 Å². The zero-order chi connectivity index (χ0) is 18.8. The molecular weight excluding hydrogens is 352 g/mol. The average Bonchev–Trinajstić information content (AvgIpc) is 3.18. The highest BCUT2D eigenvalue weighted by Gasteiger charge is 2.45. The minimum Gasteiger partial charge on any atom is -0.339 e. The average molecular weight is 372 g/mol. The Morgan fingerprint density at radius 1 is 1.04 bits per heavy atom. The van der Waals surface area contributed by atoms with Crippen LogP contribution >= 0.6 is 0 Å². The molecule has 1 amide bonds. The first-order chi connectivity index (χ1) is 12.4. The number of nitrogens with zero attached hydrogens (tertiary/aromatic N) is 4. The highest BCUT2D eigenvalue weighted by atomic mass is 32.2. The Bertz CT molecular complexity index is 884. The van der Waals surface area contributed by atoms with Gasteiger partial charge in [0.1, 0.15) is 11.5 Å². The van der Waals surface area contributed by atoms with Gasteiger partial charge in [0.25, 0.3) is 0 Å². The molecule has 1 aromatic carbocycles. The Balaban J connectivity index is 1.73. The predicted octanol–water partition coefficient (Wildman–Crippen LogP) is 1.48. The number of amides is 1. The first-order valence-corrected chi connectivity index (χ1v) is 10.1. The number of benzene rings is 1. The smallest absolute Gasteiger partial charge is 0.244 e. The minimum atomic E-state index is -3.79. The van der Waals surface area contributed by atoms with Crippen LogP contribution in [0.15, 0.2) is 29.2 Å². The Labute approximate surface area is 153 Å². The van der Waals surface area contributed by atoms with Gasteiger partial charge in [0, 0.05) is 26.2 Å². The van der Waals surface area contributed by atoms with Gasteiger partial charge in [-0.2, -0.15) is 14.8 Å². The fourth-order valence-electron chi connectivity index (χ4n) is 3.71. The molecule has 1 aromatic rings. The van der Waals surface area contributed by atoms with E-state index in [0.717, 1.165) is 12.8 Å². The van der Waals surface area contributed by atoms with Gasteiger partial charge in [0.05, 0.1) is 16.5 Å². The van der Waals surface area contributed by atoms with Crippen molar-refractivity contribution in [1.82, 2.24) is 9.21 Å². The Morgan fingerprint density at radius 3 is 2.23 bits per heavy atom. The second-order valence-electron chi connectivity index (χ2n) is 6.71. The van der Waals surface area contributed by atoms with Gasteiger partial charge in [0.2, 0.25) is 15.9 Å². The van der Waals surface area contributed by atoms with Crippen LogP contribution in [0, 0.1) is 28.1 Å². The molecule has 1 saturated carbocycles. The van der Waals surface area contributed by atoms with E-state index in [1.54, 1.807) is 17.0 Å². The maximum Gasteiger partial charge on any atom is 0.244 e. The molecule has 2 fully saturated rings. The van der Waals surface area contributed by atoms with Crippen LogP contribution in [0.25, 0.3) is 0 Å². The van der Waals surface area contributed by atoms with E-state index in [0.29, 0.717) is 12.8 Å². The summed E-state index contributed by atoms with van der Waals surface area (Å²) in [6, 6.07) is 10.2. The van der Waals surface area contributed by atoms with E-state index in [9.17, 15) is 18.5 Å². The number of rotatable bonds is 3. The van der Waals surface area contributed by atoms with Gasteiger partial charge in [-0.05, 0) is 25.0 Å². The Hall–Kier alpha value is -2.42. The van der Waals surface area contributed by atoms with Crippen LogP contribution in [0.3, 0.4) is 0 Å². The third-order valence-corrected chi connectivity index (χ3v) is 7.19. The summed E-state index contributed by atoms with van der Waals surface area (Å²) in [5, 5.41) is 18.6. The maximum atomic E-state index is 12.8. The summed E-state index contributed by atoms with van der Waals surface area (Å²) >= 11 is 0. The van der Waals surface area contributed by atoms with E-state index in [2.05, 4.69) is 6.07 Å². The molecule has 1 aliphatic heterocycles. The molecule has 3 rings (SSSR count). The molecule has 0 radical (unpaired) electrons. The van der Waals surface area contributed by atoms with Crippen LogP contribution in [0.4, 0.5) is 0 Å². The van der Waals surface area contributed by atoms with Gasteiger partial charge in [-0.3, -0.25) is 4.79 Å². The molecule has 1 saturated heterocycles. The lowest BCUT2D eigenvalue weighted by molar-refractivity contribution is -0.140. The number of carbonyl (C=O) groups is 1. The van der Waals surface area contributed by atoms with E-state index in [1.807, 2.05) is 6.07 Å². The Kier molecular flexibility index (Phi) is 4.99. The van der Waals surface area contributed by atoms with Gasteiger partial charge >= 0.3 is 0 Å². The van der Waals surface area contributed by atoms with Crippen LogP contribution in [-0.4, -0.2) is 49.7 Å². The molecule has 1 aliphatic carbocycles. The molecule has 0 unspecified atom stereocenters. The van der Waals surface area contributed by atoms with Gasteiger partial charge in [-0.1, -0.05) is 25.0 Å². The zero-order valence-electron chi connectivity index (χ0n) is 14.4. The molecule has 0 spiro atoms. The summed E-state index contributed by atoms with van der Waals surface area (Å²) in [5.74, 6) is -0.174. The van der Waals surface area contributed by atoms with Crippen molar-refractivity contribution >= 4 is 15.9 Å². The third kappa shape index (κ3) is 3.07. The fourth-order valence-corrected chi connectivity index (χ4v) is 5.27. The summed E-state index contributed by atoms with van der Waals surface area (Å²) < 4.78 is 27.0. The summed E-state index contributed by atoms with van der Waals surface area (Å²) in [5.41, 5.74) is -0.825. The normalized spacial score (nSPS) is 20.3. The first kappa shape index (κ1) is 18.4. The van der Waals surface area contributed by atoms with E-state index >= 15 is 0 Å². The summed E-state index contributed by atoms with van der Waals surface area (Å²) in [7, 11) is -3.79. The zero-order valence-corrected chi connectivity index (χ0v) is 15.2. The first-order valence-electron chi connectivity index (χ1n) is 8.64. The van der Waals surface area contributed by atoms with E-state index in [1.165, 1.54) is 16.4 Å². The van der Waals surface area contributed by atoms with Gasteiger partial charge < -0.3 is 4.90 Å². The van der Waals surface area contributed by atoms with Crippen molar-refractivity contribution in [2.45, 2.75) is 30.6 Å². The number of hydrogen-bond acceptors (Lipinski definition) is 5. The molecule has 1 heterocycles. The monoisotopic (exact) mass is 372 g/mol. The highest BCUT2D eigenvalue weighted by molar-refractivity contribution is 7.89. The molecule has 0 atom stereocenters. The van der Waals surface area contributed by atoms with Gasteiger partial charge in [0.15, 0.2) is 0 Å². The lowest BCUT2D eigenvalue weighted by Gasteiger charge is -2.37. The molecule has 136 valence electrons. The molecular formula is C18H20N4O3S. The molecule has 2 aliphatic rings. The van der Waals surface area contributed by atoms with Crippen molar-refractivity contribution in [2.75, 3.05) is 26.2 Å². The fraction of sp³-hybridized carbons (Fsp3) is 0.500. The van der Waals surface area contributed by atoms with Crippen molar-refractivity contribution in [2.24, 2.45) is 5.41 Å². The second kappa shape index (κ2) is 7.06. The largest absolute Gasteiger partial charge is 0.339 e. The van der Waals surface area contributed by atoms with Crippen molar-refractivity contribution in [3.8, 4) is 12.1 Å². The number of sulfonamides is 1. The quantitative estimate of drug-likeness (QED) is 0.799. The van der Waals surface area contributed by atoms with Gasteiger partial charge in [-0.15, -0.1) is 0 Å². The molecule has 8 heteroatoms. The van der Waals surface area contributed by atoms with Crippen LogP contribution in [0.5, 0.6) is 0 Å². The van der Waals surface area contributed by atoms with Crippen molar-refractivity contribution in [1.29, 1.82) is 10.5 Å². The SMILES string of the molecule is N#Cc1ccccc1S(=O)(=O)N1CCN(C(=O)C2(C#N)CCCC2)CC1. The minimum absolute atomic E-state index is 0.00781. The van der Waals surface area contributed by atoms with E-state index in [-0.39, 0.29) is 42.5 Å². The van der Waals surface area contributed by atoms with Crippen LogP contribution in [0.2, 0.25) is 0 Å². The standard InChI is InChI=1S/C18H20N4O3S/c19-13-15-5-1-2-6-16(15)26(24,25)22-11-9-21(10-12-22)17(23)18(14-20)7-3-4-8-18/h1-2,5-6H,3-4,7-12H2. The summed E-state index contributed by atoms with van der Waals surface area (Å²) in [6.45, 7) is 0.844. The number of hydrogen-bond donors (Lipinski definition) is 0. The number of nitriles is 2. The van der Waals surface area contributed by atoms with Crippen LogP contribution < -0.4 is 0 Å². The number of piperazine rings is 1. The topological polar surface area (TPSA) is 105 Å². The molecule has 0 N–H and O–H groups in total. The molecule has 7 nitrogen and oxygen atoms in total. The molecule has 0 aromatic heterocycles. The van der Waals surface area contributed by atoms with Crippen molar-refractivity contribution in [3.05, 3.63) is 29.8 Å². The molecule has 0 bridgehead atoms. The summed E-state index contributed by atoms with van der Waals surface area (Å²) in [6.07, 6.45) is 2.91. The lowest BCUT2D eigenvalue weighted by atomic mass is 9.86. The highest BCUT2D eigenvalue weighted by Crippen LogP contribution is 2.39. The van der Waals surface area contributed by atoms with Crippen molar-refractivity contribution < 1.29 is 13.2 Å². The van der Waals surface area contributed by atoms with Crippen LogP contribution in [0.1, 0.15) is 31.2 Å². The maximum absolute atomic E-state index is 12.8. The van der Waals surface area contributed by atoms with Crippen molar-refractivity contribution in [3.63, 3.8) is 0 Å². The summed E-state index contributed by atoms with van der Waals surface area (Å²) in [4.78, 5) is 14.4. The predicted molar refractivity (Wildman–Crippen MR) is 93.0 cm³/mol. The molecule has 26 heavy (non-hydrogen) atoms. The Morgan fingerprint density at radius 2 is 1.65 bits per heavy atom. The third-order valence-electron chi connectivity index (χ3n) is 5.23.